The van der Waals surface area contributed by atoms with Crippen LogP contribution in [0.4, 0.5) is 0 Å². The van der Waals surface area contributed by atoms with Crippen molar-refractivity contribution in [2.75, 3.05) is 33.4 Å². The van der Waals surface area contributed by atoms with Crippen LogP contribution in [0.5, 0.6) is 5.75 Å². The minimum atomic E-state index is -3.59. The lowest BCUT2D eigenvalue weighted by Crippen LogP contribution is -2.40. The normalized spacial score (nSPS) is 15.3. The van der Waals surface area contributed by atoms with Gasteiger partial charge in [-0.15, -0.1) is 0 Å². The number of nitrogens with zero attached hydrogens (tertiary/aromatic N) is 1. The van der Waals surface area contributed by atoms with E-state index in [9.17, 15) is 13.2 Å². The zero-order valence-electron chi connectivity index (χ0n) is 16.1. The lowest BCUT2D eigenvalue weighted by atomic mass is 10.2. The van der Waals surface area contributed by atoms with Crippen molar-refractivity contribution in [1.29, 1.82) is 0 Å². The topological polar surface area (TPSA) is 82.1 Å². The molecule has 0 aromatic heterocycles. The molecule has 0 atom stereocenters. The molecule has 0 radical (unpaired) electrons. The van der Waals surface area contributed by atoms with Gasteiger partial charge in [-0.05, 0) is 41.5 Å². The highest BCUT2D eigenvalue weighted by Gasteiger charge is 2.26. The molecule has 2 aromatic rings. The largest absolute Gasteiger partial charge is 0.497 e. The van der Waals surface area contributed by atoms with Gasteiger partial charge in [-0.1, -0.05) is 24.3 Å². The quantitative estimate of drug-likeness (QED) is 0.509. The van der Waals surface area contributed by atoms with Crippen LogP contribution in [-0.2, 0) is 30.9 Å². The van der Waals surface area contributed by atoms with Crippen LogP contribution in [0.2, 0.25) is 0 Å². The number of sulfonamides is 1. The van der Waals surface area contributed by atoms with Crippen molar-refractivity contribution in [1.82, 2.24) is 4.31 Å². The Bertz CT molecular complexity index is 980. The van der Waals surface area contributed by atoms with E-state index in [4.69, 9.17) is 14.2 Å². The van der Waals surface area contributed by atoms with E-state index in [0.29, 0.717) is 37.6 Å². The minimum Gasteiger partial charge on any atom is -0.497 e. The van der Waals surface area contributed by atoms with E-state index in [-0.39, 0.29) is 11.5 Å². The van der Waals surface area contributed by atoms with Gasteiger partial charge in [0.2, 0.25) is 10.0 Å². The molecule has 0 N–H and O–H groups in total. The first-order chi connectivity index (χ1) is 14.0. The third-order valence-corrected chi connectivity index (χ3v) is 6.29. The molecule has 1 saturated heterocycles. The van der Waals surface area contributed by atoms with Gasteiger partial charge in [0.1, 0.15) is 12.4 Å². The van der Waals surface area contributed by atoms with E-state index < -0.39 is 16.0 Å². The molecule has 7 nitrogen and oxygen atoms in total. The maximum Gasteiger partial charge on any atom is 0.331 e. The van der Waals surface area contributed by atoms with Gasteiger partial charge in [0.05, 0.1) is 25.2 Å². The van der Waals surface area contributed by atoms with Crippen LogP contribution in [-0.4, -0.2) is 52.1 Å². The number of carbonyl (C=O) groups is 1. The molecular weight excluding hydrogens is 394 g/mol. The van der Waals surface area contributed by atoms with E-state index in [2.05, 4.69) is 0 Å². The number of methoxy groups -OCH3 is 1. The molecule has 154 valence electrons. The Morgan fingerprint density at radius 2 is 1.90 bits per heavy atom. The number of hydrogen-bond donors (Lipinski definition) is 0. The monoisotopic (exact) mass is 417 g/mol. The van der Waals surface area contributed by atoms with Crippen LogP contribution < -0.4 is 4.74 Å². The molecule has 1 aliphatic rings. The van der Waals surface area contributed by atoms with Gasteiger partial charge in [-0.3, -0.25) is 0 Å². The maximum absolute atomic E-state index is 12.7. The van der Waals surface area contributed by atoms with E-state index in [1.807, 2.05) is 18.2 Å². The Hall–Kier alpha value is -2.68. The number of carbonyl (C=O) groups excluding carboxylic acids is 1. The Kier molecular flexibility index (Phi) is 7.03. The molecule has 8 heteroatoms. The van der Waals surface area contributed by atoms with E-state index in [0.717, 1.165) is 5.56 Å². The van der Waals surface area contributed by atoms with Crippen LogP contribution in [0, 0.1) is 0 Å². The minimum absolute atomic E-state index is 0.0201. The van der Waals surface area contributed by atoms with Gasteiger partial charge >= 0.3 is 5.97 Å². The fourth-order valence-corrected chi connectivity index (χ4v) is 4.32. The first kappa shape index (κ1) is 21.0. The van der Waals surface area contributed by atoms with Crippen molar-refractivity contribution in [3.63, 3.8) is 0 Å². The molecule has 29 heavy (non-hydrogen) atoms. The molecule has 0 amide bonds. The van der Waals surface area contributed by atoms with Crippen molar-refractivity contribution in [3.8, 4) is 5.75 Å². The third-order valence-electron chi connectivity index (χ3n) is 4.39. The SMILES string of the molecule is COc1cccc(/C=C/C(=O)OCc2cccc(S(=O)(=O)N3CCOCC3)c2)c1. The molecule has 2 aromatic carbocycles. The number of benzene rings is 2. The predicted octanol–water partition coefficient (Wildman–Crippen LogP) is 2.47. The van der Waals surface area contributed by atoms with Crippen LogP contribution >= 0.6 is 0 Å². The van der Waals surface area contributed by atoms with Crippen molar-refractivity contribution in [2.45, 2.75) is 11.5 Å². The first-order valence-corrected chi connectivity index (χ1v) is 10.6. The summed E-state index contributed by atoms with van der Waals surface area (Å²) in [5.41, 5.74) is 1.40. The van der Waals surface area contributed by atoms with Crippen molar-refractivity contribution < 1.29 is 27.4 Å². The molecular formula is C21H23NO6S. The Balaban J connectivity index is 1.61. The summed E-state index contributed by atoms with van der Waals surface area (Å²) in [6, 6.07) is 13.7. The summed E-state index contributed by atoms with van der Waals surface area (Å²) < 4.78 is 42.4. The molecule has 0 unspecified atom stereocenters. The van der Waals surface area contributed by atoms with Crippen molar-refractivity contribution >= 4 is 22.1 Å². The Morgan fingerprint density at radius 3 is 2.66 bits per heavy atom. The van der Waals surface area contributed by atoms with Gasteiger partial charge in [0.25, 0.3) is 0 Å². The average Bonchev–Trinajstić information content (AvgIpc) is 2.77. The molecule has 3 rings (SSSR count). The zero-order valence-corrected chi connectivity index (χ0v) is 16.9. The molecule has 0 spiro atoms. The van der Waals surface area contributed by atoms with Crippen molar-refractivity contribution in [3.05, 3.63) is 65.7 Å². The molecule has 0 bridgehead atoms. The van der Waals surface area contributed by atoms with Gasteiger partial charge in [0, 0.05) is 19.2 Å². The zero-order chi connectivity index (χ0) is 20.7. The number of rotatable bonds is 7. The number of ether oxygens (including phenoxy) is 3. The second-order valence-electron chi connectivity index (χ2n) is 6.38. The smallest absolute Gasteiger partial charge is 0.331 e. The summed E-state index contributed by atoms with van der Waals surface area (Å²) in [5, 5.41) is 0. The summed E-state index contributed by atoms with van der Waals surface area (Å²) in [5.74, 6) is 0.174. The predicted molar refractivity (Wildman–Crippen MR) is 108 cm³/mol. The van der Waals surface area contributed by atoms with E-state index in [1.165, 1.54) is 16.4 Å². The van der Waals surface area contributed by atoms with Gasteiger partial charge in [-0.2, -0.15) is 4.31 Å². The second-order valence-corrected chi connectivity index (χ2v) is 8.32. The highest BCUT2D eigenvalue weighted by Crippen LogP contribution is 2.19. The summed E-state index contributed by atoms with van der Waals surface area (Å²) in [6.45, 7) is 1.41. The van der Waals surface area contributed by atoms with Crippen molar-refractivity contribution in [2.24, 2.45) is 0 Å². The van der Waals surface area contributed by atoms with Gasteiger partial charge in [-0.25, -0.2) is 13.2 Å². The molecule has 1 fully saturated rings. The fourth-order valence-electron chi connectivity index (χ4n) is 2.84. The van der Waals surface area contributed by atoms with Gasteiger partial charge in [0.15, 0.2) is 0 Å². The fraction of sp³-hybridized carbons (Fsp3) is 0.286. The number of morpholine rings is 1. The lowest BCUT2D eigenvalue weighted by molar-refractivity contribution is -0.138. The molecule has 0 aliphatic carbocycles. The van der Waals surface area contributed by atoms with Crippen LogP contribution in [0.3, 0.4) is 0 Å². The molecule has 1 aliphatic heterocycles. The highest BCUT2D eigenvalue weighted by molar-refractivity contribution is 7.89. The summed E-state index contributed by atoms with van der Waals surface area (Å²) in [6.07, 6.45) is 2.95. The van der Waals surface area contributed by atoms with Gasteiger partial charge < -0.3 is 14.2 Å². The van der Waals surface area contributed by atoms with Crippen LogP contribution in [0.1, 0.15) is 11.1 Å². The Morgan fingerprint density at radius 1 is 1.14 bits per heavy atom. The summed E-state index contributed by atoms with van der Waals surface area (Å²) in [4.78, 5) is 12.2. The Labute approximate surface area is 170 Å². The first-order valence-electron chi connectivity index (χ1n) is 9.15. The molecule has 0 saturated carbocycles. The lowest BCUT2D eigenvalue weighted by Gasteiger charge is -2.26. The van der Waals surface area contributed by atoms with E-state index in [1.54, 1.807) is 37.5 Å². The second kappa shape index (κ2) is 9.69. The highest BCUT2D eigenvalue weighted by atomic mass is 32.2. The summed E-state index contributed by atoms with van der Waals surface area (Å²) in [7, 11) is -2.02. The van der Waals surface area contributed by atoms with E-state index >= 15 is 0 Å². The average molecular weight is 417 g/mol. The third kappa shape index (κ3) is 5.66. The standard InChI is InChI=1S/C21H23NO6S/c1-26-19-6-2-4-17(14-19)8-9-21(23)28-16-18-5-3-7-20(15-18)29(24,25)22-10-12-27-13-11-22/h2-9,14-15H,10-13,16H2,1H3/b9-8+. The van der Waals surface area contributed by atoms with Crippen LogP contribution in [0.15, 0.2) is 59.5 Å². The molecule has 1 heterocycles. The van der Waals surface area contributed by atoms with Crippen LogP contribution in [0.25, 0.3) is 6.08 Å². The summed E-state index contributed by atoms with van der Waals surface area (Å²) >= 11 is 0. The number of hydrogen-bond acceptors (Lipinski definition) is 6. The maximum atomic E-state index is 12.7. The number of esters is 1.